The first-order chi connectivity index (χ1) is 30.7. The summed E-state index contributed by atoms with van der Waals surface area (Å²) in [7, 11) is 0. The lowest BCUT2D eigenvalue weighted by Crippen LogP contribution is -2.02. The first-order valence-electron chi connectivity index (χ1n) is 20.9. The van der Waals surface area contributed by atoms with Crippen LogP contribution in [0.5, 0.6) is 0 Å². The van der Waals surface area contributed by atoms with Crippen LogP contribution in [-0.2, 0) is 0 Å². The average Bonchev–Trinajstić information content (AvgIpc) is 3.87. The van der Waals surface area contributed by atoms with E-state index in [9.17, 15) is 0 Å². The highest BCUT2D eigenvalue weighted by Crippen LogP contribution is 2.39. The number of aromatic nitrogens is 5. The zero-order valence-electron chi connectivity index (χ0n) is 33.6. The van der Waals surface area contributed by atoms with Gasteiger partial charge in [-0.25, -0.2) is 15.0 Å². The number of rotatable bonds is 7. The van der Waals surface area contributed by atoms with Gasteiger partial charge < -0.3 is 9.13 Å². The predicted octanol–water partition coefficient (Wildman–Crippen LogP) is 14.4. The maximum absolute atomic E-state index is 5.25. The minimum atomic E-state index is 0.603. The van der Waals surface area contributed by atoms with Crippen molar-refractivity contribution in [3.8, 4) is 67.8 Å². The molecule has 0 saturated carbocycles. The summed E-state index contributed by atoms with van der Waals surface area (Å²) >= 11 is 0. The van der Waals surface area contributed by atoms with E-state index in [1.165, 1.54) is 32.6 Å². The molecule has 0 saturated heterocycles. The molecule has 290 valence electrons. The van der Waals surface area contributed by atoms with Crippen molar-refractivity contribution in [2.75, 3.05) is 0 Å². The van der Waals surface area contributed by atoms with E-state index in [1.807, 2.05) is 24.3 Å². The van der Waals surface area contributed by atoms with Crippen LogP contribution in [0.3, 0.4) is 0 Å². The van der Waals surface area contributed by atoms with Gasteiger partial charge >= 0.3 is 0 Å². The van der Waals surface area contributed by atoms with Crippen molar-refractivity contribution in [1.82, 2.24) is 24.1 Å². The van der Waals surface area contributed by atoms with Crippen molar-refractivity contribution in [3.05, 3.63) is 224 Å². The lowest BCUT2D eigenvalue weighted by molar-refractivity contribution is 1.07. The fourth-order valence-electron chi connectivity index (χ4n) is 9.04. The van der Waals surface area contributed by atoms with Crippen molar-refractivity contribution < 1.29 is 0 Å². The van der Waals surface area contributed by atoms with Gasteiger partial charge in [-0.2, -0.15) is 0 Å². The van der Waals surface area contributed by atoms with Gasteiger partial charge in [0.15, 0.2) is 17.5 Å². The third kappa shape index (κ3) is 6.06. The van der Waals surface area contributed by atoms with Gasteiger partial charge in [-0.15, -0.1) is 0 Å². The minimum absolute atomic E-state index is 0.603. The monoisotopic (exact) mass is 791 g/mol. The summed E-state index contributed by atoms with van der Waals surface area (Å²) in [5.74, 6) is 1.84. The fourth-order valence-corrected chi connectivity index (χ4v) is 9.04. The topological polar surface area (TPSA) is 48.5 Å². The number of hydrogen-bond donors (Lipinski definition) is 0. The molecule has 12 rings (SSSR count). The smallest absolute Gasteiger partial charge is 0.164 e. The van der Waals surface area contributed by atoms with Crippen molar-refractivity contribution in [3.63, 3.8) is 0 Å². The van der Waals surface area contributed by atoms with Crippen LogP contribution in [0, 0.1) is 0 Å². The Bertz CT molecular complexity index is 3550. The molecule has 0 spiro atoms. The molecule has 5 nitrogen and oxygen atoms in total. The van der Waals surface area contributed by atoms with Gasteiger partial charge in [0.1, 0.15) is 0 Å². The van der Waals surface area contributed by atoms with E-state index in [0.717, 1.165) is 61.4 Å². The van der Waals surface area contributed by atoms with Crippen LogP contribution < -0.4 is 0 Å². The molecule has 0 aliphatic heterocycles. The number of fused-ring (bicyclic) bond motifs is 6. The Morgan fingerprint density at radius 2 is 0.597 bits per heavy atom. The van der Waals surface area contributed by atoms with E-state index in [1.54, 1.807) is 0 Å². The summed E-state index contributed by atoms with van der Waals surface area (Å²) < 4.78 is 4.79. The highest BCUT2D eigenvalue weighted by molar-refractivity contribution is 6.12. The molecule has 0 radical (unpaired) electrons. The molecule has 0 fully saturated rings. The summed E-state index contributed by atoms with van der Waals surface area (Å²) in [4.78, 5) is 15.6. The predicted molar refractivity (Wildman–Crippen MR) is 256 cm³/mol. The summed E-state index contributed by atoms with van der Waals surface area (Å²) in [6, 6.07) is 79.3. The van der Waals surface area contributed by atoms with Crippen molar-refractivity contribution in [2.45, 2.75) is 0 Å². The second-order valence-electron chi connectivity index (χ2n) is 15.7. The van der Waals surface area contributed by atoms with Crippen LogP contribution in [0.15, 0.2) is 224 Å². The summed E-state index contributed by atoms with van der Waals surface area (Å²) in [5.41, 5.74) is 13.9. The van der Waals surface area contributed by atoms with Gasteiger partial charge in [-0.3, -0.25) is 0 Å². The number of para-hydroxylation sites is 3. The Hall–Kier alpha value is -8.41. The zero-order chi connectivity index (χ0) is 41.0. The second-order valence-corrected chi connectivity index (χ2v) is 15.7. The molecule has 0 N–H and O–H groups in total. The molecule has 0 atom stereocenters. The highest BCUT2D eigenvalue weighted by Gasteiger charge is 2.19. The summed E-state index contributed by atoms with van der Waals surface area (Å²) in [6.45, 7) is 0. The SMILES string of the molecule is c1ccc(-c2ccc(-c3nc(-c4ccccc4)nc(-c4cc(-c5ccccc5)cc(-n5c6ccccc6c6ccc(-n7c8ccccc8c8ccccc87)cc65)c4)n3)cc2)cc1. The average molecular weight is 792 g/mol. The molecule has 3 aromatic heterocycles. The lowest BCUT2D eigenvalue weighted by Gasteiger charge is -2.15. The highest BCUT2D eigenvalue weighted by atomic mass is 15.0. The Labute approximate surface area is 358 Å². The van der Waals surface area contributed by atoms with Crippen LogP contribution in [-0.4, -0.2) is 24.1 Å². The fraction of sp³-hybridized carbons (Fsp3) is 0. The minimum Gasteiger partial charge on any atom is -0.309 e. The van der Waals surface area contributed by atoms with E-state index in [-0.39, 0.29) is 0 Å². The molecule has 0 bridgehead atoms. The molecule has 9 aromatic carbocycles. The molecule has 0 aliphatic rings. The van der Waals surface area contributed by atoms with Gasteiger partial charge in [0.2, 0.25) is 0 Å². The molecule has 3 heterocycles. The van der Waals surface area contributed by atoms with E-state index < -0.39 is 0 Å². The van der Waals surface area contributed by atoms with Gasteiger partial charge in [0, 0.05) is 49.6 Å². The third-order valence-electron chi connectivity index (χ3n) is 12.0. The first kappa shape index (κ1) is 35.5. The van der Waals surface area contributed by atoms with E-state index >= 15 is 0 Å². The van der Waals surface area contributed by atoms with E-state index in [4.69, 9.17) is 15.0 Å². The number of benzene rings is 9. The Kier molecular flexibility index (Phi) is 8.42. The van der Waals surface area contributed by atoms with Crippen molar-refractivity contribution >= 4 is 43.6 Å². The standard InChI is InChI=1S/C57H37N5/c1-4-16-38(17-5-1)40-28-30-42(31-29-40)56-58-55(41-20-8-3-9-21-41)59-57(60-56)44-34-43(39-18-6-2-7-19-39)35-46(36-44)62-53-27-15-12-24-49(53)50-33-32-45(37-54(50)62)61-51-25-13-10-22-47(51)48-23-11-14-26-52(48)61/h1-37H. The molecule has 5 heteroatoms. The number of nitrogens with zero attached hydrogens (tertiary/aromatic N) is 5. The van der Waals surface area contributed by atoms with Gasteiger partial charge in [-0.1, -0.05) is 176 Å². The van der Waals surface area contributed by atoms with E-state index in [0.29, 0.717) is 17.5 Å². The van der Waals surface area contributed by atoms with Crippen molar-refractivity contribution in [1.29, 1.82) is 0 Å². The third-order valence-corrected chi connectivity index (χ3v) is 12.0. The van der Waals surface area contributed by atoms with Crippen LogP contribution in [0.2, 0.25) is 0 Å². The van der Waals surface area contributed by atoms with Gasteiger partial charge in [0.05, 0.1) is 22.1 Å². The van der Waals surface area contributed by atoms with Crippen LogP contribution in [0.25, 0.3) is 111 Å². The van der Waals surface area contributed by atoms with Gasteiger partial charge in [0.25, 0.3) is 0 Å². The lowest BCUT2D eigenvalue weighted by atomic mass is 10.0. The molecule has 12 aromatic rings. The Morgan fingerprint density at radius 3 is 1.15 bits per heavy atom. The molecule has 0 aliphatic carbocycles. The normalized spacial score (nSPS) is 11.5. The van der Waals surface area contributed by atoms with Crippen LogP contribution >= 0.6 is 0 Å². The second kappa shape index (κ2) is 14.7. The molecular weight excluding hydrogens is 755 g/mol. The quantitative estimate of drug-likeness (QED) is 0.162. The Balaban J connectivity index is 1.09. The Morgan fingerprint density at radius 1 is 0.226 bits per heavy atom. The van der Waals surface area contributed by atoms with Gasteiger partial charge in [-0.05, 0) is 70.8 Å². The number of hydrogen-bond acceptors (Lipinski definition) is 3. The molecule has 62 heavy (non-hydrogen) atoms. The summed E-state index contributed by atoms with van der Waals surface area (Å²) in [6.07, 6.45) is 0. The molecular formula is C57H37N5. The van der Waals surface area contributed by atoms with Crippen molar-refractivity contribution in [2.24, 2.45) is 0 Å². The van der Waals surface area contributed by atoms with E-state index in [2.05, 4.69) is 209 Å². The molecule has 0 unspecified atom stereocenters. The van der Waals surface area contributed by atoms with Crippen LogP contribution in [0.4, 0.5) is 0 Å². The van der Waals surface area contributed by atoms with Crippen LogP contribution in [0.1, 0.15) is 0 Å². The molecule has 0 amide bonds. The largest absolute Gasteiger partial charge is 0.309 e. The summed E-state index contributed by atoms with van der Waals surface area (Å²) in [5, 5.41) is 4.85. The first-order valence-corrected chi connectivity index (χ1v) is 20.9. The maximum atomic E-state index is 5.25. The zero-order valence-corrected chi connectivity index (χ0v) is 33.6. The maximum Gasteiger partial charge on any atom is 0.164 e.